The summed E-state index contributed by atoms with van der Waals surface area (Å²) in [5.41, 5.74) is 1.49. The zero-order valence-electron chi connectivity index (χ0n) is 13.2. The van der Waals surface area contributed by atoms with Gasteiger partial charge in [-0.2, -0.15) is 0 Å². The summed E-state index contributed by atoms with van der Waals surface area (Å²) in [6.45, 7) is 3.46. The minimum atomic E-state index is -0.883. The van der Waals surface area contributed by atoms with Crippen molar-refractivity contribution in [1.29, 1.82) is 0 Å². The Balaban J connectivity index is 2.09. The molecule has 0 spiro atoms. The van der Waals surface area contributed by atoms with Crippen molar-refractivity contribution < 1.29 is 19.2 Å². The van der Waals surface area contributed by atoms with Crippen LogP contribution in [0.3, 0.4) is 0 Å². The average Bonchev–Trinajstić information content (AvgIpc) is 2.56. The van der Waals surface area contributed by atoms with Gasteiger partial charge >= 0.3 is 0 Å². The highest BCUT2D eigenvalue weighted by Gasteiger charge is 2.18. The highest BCUT2D eigenvalue weighted by molar-refractivity contribution is 5.94. The monoisotopic (exact) mass is 328 g/mol. The third-order valence-corrected chi connectivity index (χ3v) is 3.32. The van der Waals surface area contributed by atoms with Crippen molar-refractivity contribution in [3.63, 3.8) is 0 Å². The summed E-state index contributed by atoms with van der Waals surface area (Å²) < 4.78 is 5.46. The predicted octanol–water partition coefficient (Wildman–Crippen LogP) is 3.12. The van der Waals surface area contributed by atoms with E-state index in [9.17, 15) is 19.7 Å². The number of anilines is 1. The molecule has 1 N–H and O–H groups in total. The lowest BCUT2D eigenvalue weighted by Gasteiger charge is -2.16. The van der Waals surface area contributed by atoms with Gasteiger partial charge in [-0.15, -0.1) is 0 Å². The molecule has 0 saturated heterocycles. The van der Waals surface area contributed by atoms with Crippen LogP contribution in [0.15, 0.2) is 42.5 Å². The molecule has 1 atom stereocenters. The summed E-state index contributed by atoms with van der Waals surface area (Å²) in [4.78, 5) is 33.3. The standard InChI is InChI=1S/C17H16N2O5/c1-11-3-5-14(6-4-11)18-17(21)12(2)24-16-8-7-15(19(22)23)9-13(16)10-20/h3-10,12H,1-2H3,(H,18,21)/t12-/m1/s1. The lowest BCUT2D eigenvalue weighted by atomic mass is 10.2. The molecule has 0 aromatic heterocycles. The van der Waals surface area contributed by atoms with E-state index in [1.807, 2.05) is 19.1 Å². The van der Waals surface area contributed by atoms with Crippen LogP contribution in [0, 0.1) is 17.0 Å². The first-order valence-electron chi connectivity index (χ1n) is 7.18. The number of nitrogens with zero attached hydrogens (tertiary/aromatic N) is 1. The molecule has 124 valence electrons. The second kappa shape index (κ2) is 7.36. The number of non-ortho nitro benzene ring substituents is 1. The fourth-order valence-corrected chi connectivity index (χ4v) is 1.97. The Morgan fingerprint density at radius 2 is 1.92 bits per heavy atom. The summed E-state index contributed by atoms with van der Waals surface area (Å²) in [7, 11) is 0. The van der Waals surface area contributed by atoms with Crippen LogP contribution in [0.1, 0.15) is 22.8 Å². The Hall–Kier alpha value is -3.22. The maximum absolute atomic E-state index is 12.1. The fourth-order valence-electron chi connectivity index (χ4n) is 1.97. The summed E-state index contributed by atoms with van der Waals surface area (Å²) >= 11 is 0. The van der Waals surface area contributed by atoms with Gasteiger partial charge in [-0.05, 0) is 32.0 Å². The predicted molar refractivity (Wildman–Crippen MR) is 88.4 cm³/mol. The molecule has 0 unspecified atom stereocenters. The fraction of sp³-hybridized carbons (Fsp3) is 0.176. The van der Waals surface area contributed by atoms with E-state index in [2.05, 4.69) is 5.32 Å². The van der Waals surface area contributed by atoms with Crippen molar-refractivity contribution in [2.75, 3.05) is 5.32 Å². The lowest BCUT2D eigenvalue weighted by Crippen LogP contribution is -2.30. The molecule has 0 aliphatic rings. The maximum atomic E-state index is 12.1. The molecular weight excluding hydrogens is 312 g/mol. The molecule has 0 saturated carbocycles. The van der Waals surface area contributed by atoms with E-state index in [1.54, 1.807) is 12.1 Å². The first-order chi connectivity index (χ1) is 11.4. The van der Waals surface area contributed by atoms with E-state index in [4.69, 9.17) is 4.74 Å². The first-order valence-corrected chi connectivity index (χ1v) is 7.18. The minimum absolute atomic E-state index is 0.0131. The number of aryl methyl sites for hydroxylation is 1. The van der Waals surface area contributed by atoms with Gasteiger partial charge in [0.2, 0.25) is 0 Å². The van der Waals surface area contributed by atoms with Crippen LogP contribution in [0.5, 0.6) is 5.75 Å². The number of hydrogen-bond acceptors (Lipinski definition) is 5. The number of ether oxygens (including phenoxy) is 1. The molecule has 0 bridgehead atoms. The number of aldehydes is 1. The second-order valence-electron chi connectivity index (χ2n) is 5.21. The molecule has 0 fully saturated rings. The Morgan fingerprint density at radius 3 is 2.50 bits per heavy atom. The van der Waals surface area contributed by atoms with Crippen LogP contribution in [0.2, 0.25) is 0 Å². The Labute approximate surface area is 138 Å². The number of nitro benzene ring substituents is 1. The van der Waals surface area contributed by atoms with E-state index >= 15 is 0 Å². The van der Waals surface area contributed by atoms with Gasteiger partial charge in [0, 0.05) is 17.8 Å². The Bertz CT molecular complexity index is 771. The Kier molecular flexibility index (Phi) is 5.26. The molecule has 0 aliphatic carbocycles. The number of rotatable bonds is 6. The molecule has 7 nitrogen and oxygen atoms in total. The lowest BCUT2D eigenvalue weighted by molar-refractivity contribution is -0.384. The zero-order chi connectivity index (χ0) is 17.7. The molecular formula is C17H16N2O5. The SMILES string of the molecule is Cc1ccc(NC(=O)[C@@H](C)Oc2ccc([N+](=O)[O-])cc2C=O)cc1. The number of amides is 1. The van der Waals surface area contributed by atoms with Crippen molar-refractivity contribution >= 4 is 23.6 Å². The largest absolute Gasteiger partial charge is 0.480 e. The van der Waals surface area contributed by atoms with Gasteiger partial charge < -0.3 is 10.1 Å². The van der Waals surface area contributed by atoms with Gasteiger partial charge in [0.15, 0.2) is 12.4 Å². The number of benzene rings is 2. The molecule has 1 amide bonds. The number of carbonyl (C=O) groups is 2. The third-order valence-electron chi connectivity index (χ3n) is 3.32. The highest BCUT2D eigenvalue weighted by Crippen LogP contribution is 2.24. The summed E-state index contributed by atoms with van der Waals surface area (Å²) in [6, 6.07) is 10.9. The molecule has 0 aliphatic heterocycles. The van der Waals surface area contributed by atoms with Crippen molar-refractivity contribution in [3.8, 4) is 5.75 Å². The van der Waals surface area contributed by atoms with Crippen LogP contribution in [0.4, 0.5) is 11.4 Å². The van der Waals surface area contributed by atoms with Crippen LogP contribution in [0.25, 0.3) is 0 Å². The van der Waals surface area contributed by atoms with Gasteiger partial charge in [-0.3, -0.25) is 19.7 Å². The molecule has 24 heavy (non-hydrogen) atoms. The smallest absolute Gasteiger partial charge is 0.270 e. The normalized spacial score (nSPS) is 11.4. The van der Waals surface area contributed by atoms with Crippen molar-refractivity contribution in [3.05, 3.63) is 63.7 Å². The number of carbonyl (C=O) groups excluding carboxylic acids is 2. The second-order valence-corrected chi connectivity index (χ2v) is 5.21. The van der Waals surface area contributed by atoms with Crippen LogP contribution in [-0.4, -0.2) is 23.2 Å². The van der Waals surface area contributed by atoms with Gasteiger partial charge in [-0.1, -0.05) is 17.7 Å². The third kappa shape index (κ3) is 4.16. The van der Waals surface area contributed by atoms with E-state index in [0.717, 1.165) is 11.6 Å². The van der Waals surface area contributed by atoms with E-state index in [0.29, 0.717) is 12.0 Å². The Morgan fingerprint density at radius 1 is 1.25 bits per heavy atom. The van der Waals surface area contributed by atoms with Gasteiger partial charge in [0.05, 0.1) is 10.5 Å². The average molecular weight is 328 g/mol. The molecule has 2 aromatic carbocycles. The first kappa shape index (κ1) is 17.1. The topological polar surface area (TPSA) is 98.5 Å². The number of hydrogen-bond donors (Lipinski definition) is 1. The number of nitrogens with one attached hydrogen (secondary N) is 1. The molecule has 2 rings (SSSR count). The van der Waals surface area contributed by atoms with Crippen LogP contribution in [-0.2, 0) is 4.79 Å². The maximum Gasteiger partial charge on any atom is 0.270 e. The van der Waals surface area contributed by atoms with Crippen molar-refractivity contribution in [1.82, 2.24) is 0 Å². The molecule has 2 aromatic rings. The summed E-state index contributed by atoms with van der Waals surface area (Å²) in [5.74, 6) is -0.281. The molecule has 7 heteroatoms. The van der Waals surface area contributed by atoms with Crippen LogP contribution < -0.4 is 10.1 Å². The number of nitro groups is 1. The van der Waals surface area contributed by atoms with Crippen LogP contribution >= 0.6 is 0 Å². The molecule has 0 radical (unpaired) electrons. The summed E-state index contributed by atoms with van der Waals surface area (Å²) in [6.07, 6.45) is -0.432. The van der Waals surface area contributed by atoms with Gasteiger partial charge in [0.1, 0.15) is 5.75 Å². The van der Waals surface area contributed by atoms with Gasteiger partial charge in [-0.25, -0.2) is 0 Å². The molecule has 0 heterocycles. The summed E-state index contributed by atoms with van der Waals surface area (Å²) in [5, 5.41) is 13.4. The van der Waals surface area contributed by atoms with Crippen molar-refractivity contribution in [2.24, 2.45) is 0 Å². The quantitative estimate of drug-likeness (QED) is 0.499. The van der Waals surface area contributed by atoms with E-state index < -0.39 is 16.9 Å². The zero-order valence-corrected chi connectivity index (χ0v) is 13.2. The minimum Gasteiger partial charge on any atom is -0.480 e. The van der Waals surface area contributed by atoms with E-state index in [1.165, 1.54) is 19.1 Å². The van der Waals surface area contributed by atoms with E-state index in [-0.39, 0.29) is 17.0 Å². The van der Waals surface area contributed by atoms with Crippen molar-refractivity contribution in [2.45, 2.75) is 20.0 Å². The highest BCUT2D eigenvalue weighted by atomic mass is 16.6. The van der Waals surface area contributed by atoms with Gasteiger partial charge in [0.25, 0.3) is 11.6 Å².